The number of amides is 1. The van der Waals surface area contributed by atoms with Crippen molar-refractivity contribution in [2.24, 2.45) is 0 Å². The minimum absolute atomic E-state index is 0.0961. The number of nitrogens with one attached hydrogen (secondary N) is 2. The molecule has 1 atom stereocenters. The largest absolute Gasteiger partial charge is 0.348 e. The van der Waals surface area contributed by atoms with E-state index in [1.165, 1.54) is 0 Å². The topological polar surface area (TPSA) is 71.3 Å². The van der Waals surface area contributed by atoms with E-state index in [9.17, 15) is 4.79 Å². The number of nitrogens with zero attached hydrogens (tertiary/aromatic N) is 3. The average molecular weight is 259 g/mol. The molecule has 0 bridgehead atoms. The van der Waals surface area contributed by atoms with Crippen molar-refractivity contribution in [2.75, 3.05) is 13.1 Å². The molecule has 1 aliphatic heterocycles. The fourth-order valence-corrected chi connectivity index (χ4v) is 2.47. The van der Waals surface area contributed by atoms with Crippen LogP contribution in [-0.2, 0) is 0 Å². The number of rotatable bonds is 2. The quantitative estimate of drug-likeness (QED) is 0.821. The van der Waals surface area contributed by atoms with Crippen LogP contribution in [0.5, 0.6) is 0 Å². The van der Waals surface area contributed by atoms with Crippen LogP contribution in [0.25, 0.3) is 5.65 Å². The molecule has 6 nitrogen and oxygen atoms in total. The normalized spacial score (nSPS) is 18.9. The maximum atomic E-state index is 12.3. The Morgan fingerprint density at radius 1 is 1.53 bits per heavy atom. The Kier molecular flexibility index (Phi) is 2.94. The van der Waals surface area contributed by atoms with Gasteiger partial charge >= 0.3 is 0 Å². The minimum atomic E-state index is -0.0961. The third-order valence-corrected chi connectivity index (χ3v) is 3.42. The second-order valence-electron chi connectivity index (χ2n) is 5.00. The van der Waals surface area contributed by atoms with Gasteiger partial charge in [0, 0.05) is 24.0 Å². The Hall–Kier alpha value is -1.95. The van der Waals surface area contributed by atoms with Crippen LogP contribution in [0.4, 0.5) is 0 Å². The number of fused-ring (bicyclic) bond motifs is 1. The molecular formula is C13H17N5O. The van der Waals surface area contributed by atoms with Crippen LogP contribution < -0.4 is 10.6 Å². The zero-order valence-corrected chi connectivity index (χ0v) is 11.1. The molecule has 6 heteroatoms. The number of carbonyl (C=O) groups is 1. The van der Waals surface area contributed by atoms with E-state index < -0.39 is 0 Å². The summed E-state index contributed by atoms with van der Waals surface area (Å²) in [5.41, 5.74) is 3.03. The van der Waals surface area contributed by atoms with Crippen molar-refractivity contribution < 1.29 is 4.79 Å². The summed E-state index contributed by atoms with van der Waals surface area (Å²) in [6.07, 6.45) is 2.56. The van der Waals surface area contributed by atoms with Gasteiger partial charge in [-0.2, -0.15) is 5.10 Å². The lowest BCUT2D eigenvalue weighted by atomic mass is 10.2. The van der Waals surface area contributed by atoms with Gasteiger partial charge in [0.05, 0.1) is 6.20 Å². The van der Waals surface area contributed by atoms with Crippen molar-refractivity contribution in [3.05, 3.63) is 29.2 Å². The summed E-state index contributed by atoms with van der Waals surface area (Å²) in [6, 6.07) is 2.15. The molecule has 1 amide bonds. The third-order valence-electron chi connectivity index (χ3n) is 3.42. The van der Waals surface area contributed by atoms with Gasteiger partial charge in [0.2, 0.25) is 0 Å². The molecule has 100 valence electrons. The average Bonchev–Trinajstić information content (AvgIpc) is 2.97. The zero-order chi connectivity index (χ0) is 13.4. The SMILES string of the molecule is Cc1cc(C)n2ncc(C(=O)N[C@H]3CCNC3)c2n1. The Morgan fingerprint density at radius 3 is 3.11 bits per heavy atom. The zero-order valence-electron chi connectivity index (χ0n) is 11.1. The first-order chi connectivity index (χ1) is 9.15. The molecule has 19 heavy (non-hydrogen) atoms. The summed E-state index contributed by atoms with van der Waals surface area (Å²) in [6.45, 7) is 5.66. The highest BCUT2D eigenvalue weighted by atomic mass is 16.1. The first-order valence-electron chi connectivity index (χ1n) is 6.49. The van der Waals surface area contributed by atoms with Crippen molar-refractivity contribution in [3.63, 3.8) is 0 Å². The highest BCUT2D eigenvalue weighted by Gasteiger charge is 2.20. The van der Waals surface area contributed by atoms with E-state index >= 15 is 0 Å². The Labute approximate surface area is 111 Å². The number of carbonyl (C=O) groups excluding carboxylic acids is 1. The predicted molar refractivity (Wildman–Crippen MR) is 71.2 cm³/mol. The Bertz CT molecular complexity index is 627. The Morgan fingerprint density at radius 2 is 2.37 bits per heavy atom. The molecule has 0 radical (unpaired) electrons. The first-order valence-corrected chi connectivity index (χ1v) is 6.49. The van der Waals surface area contributed by atoms with Gasteiger partial charge in [-0.3, -0.25) is 4.79 Å². The lowest BCUT2D eigenvalue weighted by Gasteiger charge is -2.10. The number of aromatic nitrogens is 3. The molecule has 0 aromatic carbocycles. The molecule has 0 saturated carbocycles. The van der Waals surface area contributed by atoms with Crippen molar-refractivity contribution in [3.8, 4) is 0 Å². The molecule has 0 unspecified atom stereocenters. The molecule has 0 spiro atoms. The highest BCUT2D eigenvalue weighted by molar-refractivity contribution is 5.99. The van der Waals surface area contributed by atoms with E-state index in [4.69, 9.17) is 0 Å². The molecular weight excluding hydrogens is 242 g/mol. The molecule has 1 fully saturated rings. The van der Waals surface area contributed by atoms with Crippen LogP contribution in [0.15, 0.2) is 12.3 Å². The van der Waals surface area contributed by atoms with E-state index in [-0.39, 0.29) is 11.9 Å². The highest BCUT2D eigenvalue weighted by Crippen LogP contribution is 2.12. The molecule has 1 saturated heterocycles. The second-order valence-corrected chi connectivity index (χ2v) is 5.00. The first kappa shape index (κ1) is 12.1. The maximum Gasteiger partial charge on any atom is 0.257 e. The summed E-state index contributed by atoms with van der Waals surface area (Å²) >= 11 is 0. The third kappa shape index (κ3) is 2.19. The van der Waals surface area contributed by atoms with Gasteiger partial charge in [-0.1, -0.05) is 0 Å². The van der Waals surface area contributed by atoms with Gasteiger partial charge in [0.1, 0.15) is 5.56 Å². The van der Waals surface area contributed by atoms with Gasteiger partial charge in [0.25, 0.3) is 5.91 Å². The molecule has 3 heterocycles. The van der Waals surface area contributed by atoms with Crippen LogP contribution in [0.1, 0.15) is 28.2 Å². The van der Waals surface area contributed by atoms with E-state index in [2.05, 4.69) is 20.7 Å². The monoisotopic (exact) mass is 259 g/mol. The van der Waals surface area contributed by atoms with Crippen LogP contribution in [-0.4, -0.2) is 39.6 Å². The van der Waals surface area contributed by atoms with Gasteiger partial charge in [0.15, 0.2) is 5.65 Å². The van der Waals surface area contributed by atoms with E-state index in [0.29, 0.717) is 11.2 Å². The predicted octanol–water partition coefficient (Wildman–Crippen LogP) is 0.438. The van der Waals surface area contributed by atoms with Crippen molar-refractivity contribution in [1.82, 2.24) is 25.2 Å². The molecule has 2 aromatic rings. The molecule has 0 aliphatic carbocycles. The molecule has 2 N–H and O–H groups in total. The fourth-order valence-electron chi connectivity index (χ4n) is 2.47. The van der Waals surface area contributed by atoms with Crippen molar-refractivity contribution in [2.45, 2.75) is 26.3 Å². The molecule has 2 aromatic heterocycles. The summed E-state index contributed by atoms with van der Waals surface area (Å²) in [7, 11) is 0. The second kappa shape index (κ2) is 4.62. The summed E-state index contributed by atoms with van der Waals surface area (Å²) in [4.78, 5) is 16.7. The molecule has 1 aliphatic rings. The van der Waals surface area contributed by atoms with Crippen molar-refractivity contribution >= 4 is 11.6 Å². The standard InChI is InChI=1S/C13H17N5O/c1-8-5-9(2)18-12(16-8)11(7-15-18)13(19)17-10-3-4-14-6-10/h5,7,10,14H,3-4,6H2,1-2H3,(H,17,19)/t10-/m0/s1. The summed E-state index contributed by atoms with van der Waals surface area (Å²) in [5, 5.41) is 10.5. The van der Waals surface area contributed by atoms with E-state index in [1.54, 1.807) is 10.7 Å². The number of hydrogen-bond acceptors (Lipinski definition) is 4. The lowest BCUT2D eigenvalue weighted by molar-refractivity contribution is 0.0941. The molecule has 3 rings (SSSR count). The van der Waals surface area contributed by atoms with Crippen molar-refractivity contribution in [1.29, 1.82) is 0 Å². The fraction of sp³-hybridized carbons (Fsp3) is 0.462. The maximum absolute atomic E-state index is 12.3. The van der Waals surface area contributed by atoms with E-state index in [1.807, 2.05) is 19.9 Å². The van der Waals surface area contributed by atoms with Crippen LogP contribution >= 0.6 is 0 Å². The van der Waals surface area contributed by atoms with Crippen LogP contribution in [0, 0.1) is 13.8 Å². The Balaban J connectivity index is 1.93. The minimum Gasteiger partial charge on any atom is -0.348 e. The number of hydrogen-bond donors (Lipinski definition) is 2. The number of aryl methyl sites for hydroxylation is 2. The van der Waals surface area contributed by atoms with E-state index in [0.717, 1.165) is 30.9 Å². The van der Waals surface area contributed by atoms with Gasteiger partial charge in [-0.15, -0.1) is 0 Å². The van der Waals surface area contributed by atoms with Gasteiger partial charge < -0.3 is 10.6 Å². The smallest absolute Gasteiger partial charge is 0.257 e. The van der Waals surface area contributed by atoms with Crippen LogP contribution in [0.3, 0.4) is 0 Å². The van der Waals surface area contributed by atoms with Gasteiger partial charge in [-0.05, 0) is 32.9 Å². The lowest BCUT2D eigenvalue weighted by Crippen LogP contribution is -2.36. The van der Waals surface area contributed by atoms with Crippen LogP contribution in [0.2, 0.25) is 0 Å². The van der Waals surface area contributed by atoms with Gasteiger partial charge in [-0.25, -0.2) is 9.50 Å². The summed E-state index contributed by atoms with van der Waals surface area (Å²) in [5.74, 6) is -0.0961. The summed E-state index contributed by atoms with van der Waals surface area (Å²) < 4.78 is 1.70.